The van der Waals surface area contributed by atoms with E-state index in [0.717, 1.165) is 6.54 Å². The molecule has 1 aromatic carbocycles. The van der Waals surface area contributed by atoms with Gasteiger partial charge in [0.1, 0.15) is 0 Å². The molecule has 1 heterocycles. The van der Waals surface area contributed by atoms with Crippen LogP contribution in [-0.2, 0) is 0 Å². The first-order valence-corrected chi connectivity index (χ1v) is 7.00. The summed E-state index contributed by atoms with van der Waals surface area (Å²) in [5.74, 6) is 1.78. The lowest BCUT2D eigenvalue weighted by molar-refractivity contribution is 0.250. The minimum absolute atomic E-state index is 0.345. The van der Waals surface area contributed by atoms with Crippen LogP contribution in [0.4, 0.5) is 0 Å². The van der Waals surface area contributed by atoms with Crippen LogP contribution >= 0.6 is 11.8 Å². The van der Waals surface area contributed by atoms with Gasteiger partial charge in [-0.1, -0.05) is 18.2 Å². The maximum absolute atomic E-state index is 8.72. The number of benzene rings is 1. The lowest BCUT2D eigenvalue weighted by Crippen LogP contribution is -2.32. The van der Waals surface area contributed by atoms with Crippen molar-refractivity contribution in [3.63, 3.8) is 0 Å². The van der Waals surface area contributed by atoms with E-state index in [1.165, 1.54) is 16.2 Å². The van der Waals surface area contributed by atoms with Crippen LogP contribution in [0.5, 0.6) is 0 Å². The summed E-state index contributed by atoms with van der Waals surface area (Å²) in [5.41, 5.74) is 1.48. The highest BCUT2D eigenvalue weighted by atomic mass is 32.2. The molecule has 0 aliphatic carbocycles. The first kappa shape index (κ1) is 12.5. The van der Waals surface area contributed by atoms with Gasteiger partial charge in [0.05, 0.1) is 12.5 Å². The summed E-state index contributed by atoms with van der Waals surface area (Å²) in [6.07, 6.45) is 0.609. The van der Waals surface area contributed by atoms with E-state index in [-0.39, 0.29) is 0 Å². The van der Waals surface area contributed by atoms with Gasteiger partial charge < -0.3 is 4.90 Å². The van der Waals surface area contributed by atoms with Gasteiger partial charge in [0.25, 0.3) is 0 Å². The van der Waals surface area contributed by atoms with Crippen molar-refractivity contribution >= 4 is 11.8 Å². The van der Waals surface area contributed by atoms with E-state index in [1.807, 2.05) is 11.8 Å². The number of hydrogen-bond acceptors (Lipinski definition) is 3. The highest BCUT2D eigenvalue weighted by molar-refractivity contribution is 7.99. The summed E-state index contributed by atoms with van der Waals surface area (Å²) < 4.78 is 0. The fourth-order valence-electron chi connectivity index (χ4n) is 2.20. The largest absolute Gasteiger partial charge is 0.302 e. The first-order valence-electron chi connectivity index (χ1n) is 6.01. The fraction of sp³-hybridized carbons (Fsp3) is 0.500. The second-order valence-corrected chi connectivity index (χ2v) is 5.76. The third-order valence-electron chi connectivity index (χ3n) is 3.45. The zero-order chi connectivity index (χ0) is 12.3. The molecule has 17 heavy (non-hydrogen) atoms. The molecule has 2 rings (SSSR count). The molecule has 2 unspecified atom stereocenters. The van der Waals surface area contributed by atoms with Gasteiger partial charge in [-0.2, -0.15) is 5.26 Å². The number of likely N-dealkylation sites (N-methyl/N-ethyl adjacent to an activating group) is 1. The molecule has 0 N–H and O–H groups in total. The molecule has 2 atom stereocenters. The quantitative estimate of drug-likeness (QED) is 0.817. The Hall–Kier alpha value is -0.980. The van der Waals surface area contributed by atoms with E-state index in [4.69, 9.17) is 5.26 Å². The van der Waals surface area contributed by atoms with Crippen LogP contribution in [0.3, 0.4) is 0 Å². The third kappa shape index (κ3) is 2.83. The zero-order valence-corrected chi connectivity index (χ0v) is 11.2. The molecular weight excluding hydrogens is 228 g/mol. The smallest absolute Gasteiger partial charge is 0.0638 e. The summed E-state index contributed by atoms with van der Waals surface area (Å²) in [7, 11) is 2.12. The predicted octanol–water partition coefficient (Wildman–Crippen LogP) is 3.11. The van der Waals surface area contributed by atoms with Crippen LogP contribution in [0.2, 0.25) is 0 Å². The molecule has 0 radical (unpaired) electrons. The fourth-order valence-corrected chi connectivity index (χ4v) is 3.44. The van der Waals surface area contributed by atoms with Gasteiger partial charge in [0, 0.05) is 29.2 Å². The Labute approximate surface area is 108 Å². The zero-order valence-electron chi connectivity index (χ0n) is 10.4. The van der Waals surface area contributed by atoms with Gasteiger partial charge in [0.15, 0.2) is 0 Å². The Balaban J connectivity index is 2.00. The summed E-state index contributed by atoms with van der Waals surface area (Å²) in [5, 5.41) is 8.72. The molecule has 0 saturated carbocycles. The van der Waals surface area contributed by atoms with Crippen molar-refractivity contribution in [3.05, 3.63) is 29.8 Å². The molecule has 3 heteroatoms. The van der Waals surface area contributed by atoms with Crippen LogP contribution in [0.1, 0.15) is 24.8 Å². The minimum atomic E-state index is 0.345. The predicted molar refractivity (Wildman–Crippen MR) is 72.2 cm³/mol. The standard InChI is InChI=1S/C14H18N2S/c1-11(7-8-15)16(2)9-12-10-17-14-6-4-3-5-13(12)14/h3-6,11-12H,7,9-10H2,1-2H3. The summed E-state index contributed by atoms with van der Waals surface area (Å²) in [6.45, 7) is 3.17. The van der Waals surface area contributed by atoms with E-state index in [1.54, 1.807) is 0 Å². The van der Waals surface area contributed by atoms with Crippen molar-refractivity contribution in [2.45, 2.75) is 30.2 Å². The molecule has 0 saturated heterocycles. The molecule has 1 aliphatic heterocycles. The first-order chi connectivity index (χ1) is 8.22. The number of thioether (sulfide) groups is 1. The molecule has 2 nitrogen and oxygen atoms in total. The second-order valence-electron chi connectivity index (χ2n) is 4.70. The maximum atomic E-state index is 8.72. The average Bonchev–Trinajstić information content (AvgIpc) is 2.73. The van der Waals surface area contributed by atoms with Crippen molar-refractivity contribution in [2.24, 2.45) is 0 Å². The number of hydrogen-bond donors (Lipinski definition) is 0. The van der Waals surface area contributed by atoms with Gasteiger partial charge in [-0.15, -0.1) is 11.8 Å². The van der Waals surface area contributed by atoms with Gasteiger partial charge in [0.2, 0.25) is 0 Å². The number of fused-ring (bicyclic) bond motifs is 1. The van der Waals surface area contributed by atoms with Crippen LogP contribution in [0.15, 0.2) is 29.2 Å². The molecule has 0 spiro atoms. The molecule has 90 valence electrons. The van der Waals surface area contributed by atoms with Gasteiger partial charge in [-0.05, 0) is 25.6 Å². The molecular formula is C14H18N2S. The van der Waals surface area contributed by atoms with Crippen molar-refractivity contribution in [1.82, 2.24) is 4.90 Å². The summed E-state index contributed by atoms with van der Waals surface area (Å²) in [4.78, 5) is 3.73. The topological polar surface area (TPSA) is 27.0 Å². The van der Waals surface area contributed by atoms with Crippen LogP contribution < -0.4 is 0 Å². The highest BCUT2D eigenvalue weighted by Crippen LogP contribution is 2.39. The van der Waals surface area contributed by atoms with Crippen LogP contribution in [-0.4, -0.2) is 30.3 Å². The van der Waals surface area contributed by atoms with Crippen LogP contribution in [0, 0.1) is 11.3 Å². The lowest BCUT2D eigenvalue weighted by atomic mass is 10.0. The molecule has 0 bridgehead atoms. The average molecular weight is 246 g/mol. The van der Waals surface area contributed by atoms with Gasteiger partial charge in [-0.25, -0.2) is 0 Å². The number of nitriles is 1. The van der Waals surface area contributed by atoms with E-state index < -0.39 is 0 Å². The maximum Gasteiger partial charge on any atom is 0.0638 e. The number of nitrogens with zero attached hydrogens (tertiary/aromatic N) is 2. The summed E-state index contributed by atoms with van der Waals surface area (Å²) in [6, 6.07) is 11.3. The Morgan fingerprint density at radius 1 is 1.53 bits per heavy atom. The van der Waals surface area contributed by atoms with E-state index in [2.05, 4.69) is 49.2 Å². The van der Waals surface area contributed by atoms with E-state index >= 15 is 0 Å². The van der Waals surface area contributed by atoms with Crippen molar-refractivity contribution in [2.75, 3.05) is 19.3 Å². The number of rotatable bonds is 4. The van der Waals surface area contributed by atoms with Gasteiger partial charge in [-0.3, -0.25) is 0 Å². The van der Waals surface area contributed by atoms with Crippen molar-refractivity contribution in [3.8, 4) is 6.07 Å². The third-order valence-corrected chi connectivity index (χ3v) is 4.70. The normalized spacial score (nSPS) is 20.0. The van der Waals surface area contributed by atoms with Gasteiger partial charge >= 0.3 is 0 Å². The Morgan fingerprint density at radius 2 is 2.29 bits per heavy atom. The monoisotopic (exact) mass is 246 g/mol. The molecule has 1 aliphatic rings. The Kier molecular flexibility index (Phi) is 4.09. The Morgan fingerprint density at radius 3 is 3.06 bits per heavy atom. The Bertz CT molecular complexity index is 424. The lowest BCUT2D eigenvalue weighted by Gasteiger charge is -2.25. The minimum Gasteiger partial charge on any atom is -0.302 e. The highest BCUT2D eigenvalue weighted by Gasteiger charge is 2.24. The molecule has 0 amide bonds. The summed E-state index contributed by atoms with van der Waals surface area (Å²) >= 11 is 1.95. The molecule has 0 aromatic heterocycles. The SMILES string of the molecule is CC(CC#N)N(C)CC1CSc2ccccc21. The van der Waals surface area contributed by atoms with E-state index in [9.17, 15) is 0 Å². The van der Waals surface area contributed by atoms with Crippen molar-refractivity contribution in [1.29, 1.82) is 5.26 Å². The second kappa shape index (κ2) is 5.57. The van der Waals surface area contributed by atoms with E-state index in [0.29, 0.717) is 18.4 Å². The molecule has 1 aromatic rings. The van der Waals surface area contributed by atoms with Crippen LogP contribution in [0.25, 0.3) is 0 Å². The van der Waals surface area contributed by atoms with Crippen molar-refractivity contribution < 1.29 is 0 Å². The molecule has 0 fully saturated rings.